The molecule has 1 aromatic heterocycles. The smallest absolute Gasteiger partial charge is 0.312 e. The number of aromatic nitrogens is 1. The van der Waals surface area contributed by atoms with Crippen LogP contribution >= 0.6 is 11.8 Å². The number of hydrogen-bond donors (Lipinski definition) is 0. The molecule has 3 nitrogen and oxygen atoms in total. The second-order valence-electron chi connectivity index (χ2n) is 20.1. The second-order valence-corrected chi connectivity index (χ2v) is 21.2. The maximum absolute atomic E-state index is 16.0. The van der Waals surface area contributed by atoms with E-state index in [9.17, 15) is 0 Å². The minimum Gasteiger partial charge on any atom is -0.312 e. The van der Waals surface area contributed by atoms with Crippen LogP contribution in [0, 0.1) is 0 Å². The quantitative estimate of drug-likeness (QED) is 0.159. The standard InChI is InChI=1S/C67H40B2F3N3S/c70-67(71,72)48-27-11-15-31-54(48)74-55-32-16-12-28-49(55)68-51-39-43(41-19-4-1-5-20-41)35-37-56(51)75-57-38-36-44(42-21-6-2-7-22-42)40-52(57)69-50-29-13-17-34-59(50)76-66-61(64(74)62(68)65(75)63(66)69)47-26-18-33-58-60(47)46-25-10-14-30-53(46)73(58)45-23-8-3-9-24-45/h1-40H. The van der Waals surface area contributed by atoms with E-state index in [1.165, 1.54) is 28.5 Å². The molecule has 12 aromatic rings. The summed E-state index contributed by atoms with van der Waals surface area (Å²) in [6.07, 6.45) is -4.66. The molecule has 76 heavy (non-hydrogen) atoms. The van der Waals surface area contributed by atoms with E-state index in [0.29, 0.717) is 0 Å². The average Bonchev–Trinajstić information content (AvgIpc) is 3.96. The third kappa shape index (κ3) is 6.12. The molecule has 0 radical (unpaired) electrons. The highest BCUT2D eigenvalue weighted by Crippen LogP contribution is 2.56. The van der Waals surface area contributed by atoms with Gasteiger partial charge in [0.2, 0.25) is 6.71 Å². The number of halogens is 3. The van der Waals surface area contributed by atoms with Gasteiger partial charge in [0.1, 0.15) is 0 Å². The van der Waals surface area contributed by atoms with Gasteiger partial charge in [-0.1, -0.05) is 199 Å². The van der Waals surface area contributed by atoms with Crippen LogP contribution in [0.1, 0.15) is 5.56 Å². The maximum atomic E-state index is 16.0. The van der Waals surface area contributed by atoms with Crippen molar-refractivity contribution in [2.75, 3.05) is 9.80 Å². The Balaban J connectivity index is 1.13. The molecule has 0 spiro atoms. The molecule has 4 aliphatic heterocycles. The molecule has 0 fully saturated rings. The Bertz CT molecular complexity index is 4400. The van der Waals surface area contributed by atoms with Crippen molar-refractivity contribution in [3.05, 3.63) is 248 Å². The summed E-state index contributed by atoms with van der Waals surface area (Å²) in [5.41, 5.74) is 20.0. The van der Waals surface area contributed by atoms with Gasteiger partial charge in [-0.25, -0.2) is 0 Å². The lowest BCUT2D eigenvalue weighted by Crippen LogP contribution is -2.68. The van der Waals surface area contributed by atoms with Gasteiger partial charge in [0.25, 0.3) is 6.71 Å². The average molecular weight is 998 g/mol. The van der Waals surface area contributed by atoms with Crippen LogP contribution in [0.2, 0.25) is 0 Å². The van der Waals surface area contributed by atoms with Crippen molar-refractivity contribution < 1.29 is 13.2 Å². The summed E-state index contributed by atoms with van der Waals surface area (Å²) in [7, 11) is 0. The van der Waals surface area contributed by atoms with Crippen molar-refractivity contribution in [2.45, 2.75) is 16.0 Å². The van der Waals surface area contributed by atoms with Crippen molar-refractivity contribution in [3.63, 3.8) is 0 Å². The Morgan fingerprint density at radius 2 is 0.934 bits per heavy atom. The van der Waals surface area contributed by atoms with Crippen LogP contribution in [0.15, 0.2) is 252 Å². The Labute approximate surface area is 442 Å². The normalized spacial score (nSPS) is 13.6. The third-order valence-electron chi connectivity index (χ3n) is 16.2. The van der Waals surface area contributed by atoms with E-state index in [2.05, 4.69) is 198 Å². The van der Waals surface area contributed by atoms with E-state index < -0.39 is 11.7 Å². The Hall–Kier alpha value is -8.91. The summed E-state index contributed by atoms with van der Waals surface area (Å²) in [5.74, 6) is 0. The maximum Gasteiger partial charge on any atom is 0.418 e. The largest absolute Gasteiger partial charge is 0.418 e. The molecule has 0 bridgehead atoms. The lowest BCUT2D eigenvalue weighted by Gasteiger charge is -2.50. The van der Waals surface area contributed by atoms with Gasteiger partial charge in [-0.05, 0) is 116 Å². The molecular formula is C67H40B2F3N3S. The molecule has 5 heterocycles. The second kappa shape index (κ2) is 16.3. The molecule has 0 aliphatic carbocycles. The molecule has 9 heteroatoms. The van der Waals surface area contributed by atoms with Crippen molar-refractivity contribution in [2.24, 2.45) is 0 Å². The number of rotatable bonds is 5. The zero-order valence-corrected chi connectivity index (χ0v) is 41.4. The topological polar surface area (TPSA) is 11.4 Å². The molecule has 11 aromatic carbocycles. The highest BCUT2D eigenvalue weighted by molar-refractivity contribution is 8.00. The van der Waals surface area contributed by atoms with Gasteiger partial charge in [0.05, 0.1) is 28.0 Å². The first-order valence-corrected chi connectivity index (χ1v) is 26.5. The van der Waals surface area contributed by atoms with Crippen LogP contribution in [0.5, 0.6) is 0 Å². The fourth-order valence-corrected chi connectivity index (χ4v) is 14.6. The summed E-state index contributed by atoms with van der Waals surface area (Å²) in [6, 6.07) is 83.5. The summed E-state index contributed by atoms with van der Waals surface area (Å²) < 4.78 is 50.3. The van der Waals surface area contributed by atoms with Crippen molar-refractivity contribution in [1.29, 1.82) is 0 Å². The number of hydrogen-bond acceptors (Lipinski definition) is 3. The van der Waals surface area contributed by atoms with E-state index >= 15 is 13.2 Å². The number of nitrogens with zero attached hydrogens (tertiary/aromatic N) is 3. The minimum absolute atomic E-state index is 0.0845. The molecular weight excluding hydrogens is 957 g/mol. The minimum atomic E-state index is -4.66. The van der Waals surface area contributed by atoms with Crippen LogP contribution in [0.3, 0.4) is 0 Å². The van der Waals surface area contributed by atoms with Gasteiger partial charge in [0, 0.05) is 54.6 Å². The van der Waals surface area contributed by atoms with Gasteiger partial charge in [-0.3, -0.25) is 0 Å². The molecule has 0 saturated carbocycles. The number of para-hydroxylation sites is 4. The Morgan fingerprint density at radius 1 is 0.395 bits per heavy atom. The van der Waals surface area contributed by atoms with Gasteiger partial charge in [-0.15, -0.1) is 0 Å². The van der Waals surface area contributed by atoms with Crippen LogP contribution in [0.25, 0.3) is 60.9 Å². The van der Waals surface area contributed by atoms with E-state index in [4.69, 9.17) is 0 Å². The van der Waals surface area contributed by atoms with Crippen molar-refractivity contribution >= 4 is 114 Å². The molecule has 0 unspecified atom stereocenters. The zero-order chi connectivity index (χ0) is 50.4. The SMILES string of the molecule is FC(F)(F)c1ccccc1N1c2ccccc2B2c3cc(-c4ccccc4)ccc3N3c4ccc(-c5ccccc5)cc4B4c5ccccc5Sc5c4c3c2c1c5-c1cccc2c1c1ccccc1n2-c1ccccc1. The molecule has 0 saturated heterocycles. The predicted molar refractivity (Wildman–Crippen MR) is 311 cm³/mol. The molecule has 0 N–H and O–H groups in total. The molecule has 16 rings (SSSR count). The zero-order valence-electron chi connectivity index (χ0n) is 40.6. The van der Waals surface area contributed by atoms with E-state index in [0.717, 1.165) is 115 Å². The van der Waals surface area contributed by atoms with Gasteiger partial charge < -0.3 is 14.4 Å². The molecule has 0 amide bonds. The lowest BCUT2D eigenvalue weighted by molar-refractivity contribution is -0.137. The highest BCUT2D eigenvalue weighted by Gasteiger charge is 2.53. The Kier molecular flexibility index (Phi) is 9.32. The number of fused-ring (bicyclic) bond motifs is 13. The fourth-order valence-electron chi connectivity index (χ4n) is 13.3. The third-order valence-corrected chi connectivity index (χ3v) is 17.5. The van der Waals surface area contributed by atoms with Crippen LogP contribution < -0.4 is 42.6 Å². The lowest BCUT2D eigenvalue weighted by atomic mass is 9.29. The summed E-state index contributed by atoms with van der Waals surface area (Å²) in [4.78, 5) is 6.62. The fraction of sp³-hybridized carbons (Fsp3) is 0.0149. The first-order chi connectivity index (χ1) is 37.4. The van der Waals surface area contributed by atoms with E-state index in [-0.39, 0.29) is 19.1 Å². The van der Waals surface area contributed by atoms with Crippen molar-refractivity contribution in [1.82, 2.24) is 4.57 Å². The van der Waals surface area contributed by atoms with Crippen molar-refractivity contribution in [3.8, 4) is 39.1 Å². The first-order valence-electron chi connectivity index (χ1n) is 25.7. The number of alkyl halides is 3. The van der Waals surface area contributed by atoms with Crippen LogP contribution in [-0.2, 0) is 6.18 Å². The van der Waals surface area contributed by atoms with Gasteiger partial charge in [-0.2, -0.15) is 13.2 Å². The number of benzene rings is 11. The molecule has 356 valence electrons. The van der Waals surface area contributed by atoms with E-state index in [1.54, 1.807) is 23.9 Å². The number of anilines is 6. The monoisotopic (exact) mass is 997 g/mol. The summed E-state index contributed by atoms with van der Waals surface area (Å²) >= 11 is 1.75. The van der Waals surface area contributed by atoms with Crippen LogP contribution in [0.4, 0.5) is 47.3 Å². The predicted octanol–water partition coefficient (Wildman–Crippen LogP) is 14.2. The summed E-state index contributed by atoms with van der Waals surface area (Å²) in [6.45, 7) is -0.586. The molecule has 0 atom stereocenters. The summed E-state index contributed by atoms with van der Waals surface area (Å²) in [5, 5.41) is 2.10. The Morgan fingerprint density at radius 3 is 1.63 bits per heavy atom. The highest BCUT2D eigenvalue weighted by atomic mass is 32.2. The first kappa shape index (κ1) is 43.5. The van der Waals surface area contributed by atoms with Crippen LogP contribution in [-0.4, -0.2) is 18.0 Å². The van der Waals surface area contributed by atoms with Gasteiger partial charge in [0.15, 0.2) is 0 Å². The van der Waals surface area contributed by atoms with Gasteiger partial charge >= 0.3 is 6.18 Å². The molecule has 4 aliphatic rings. The van der Waals surface area contributed by atoms with E-state index in [1.807, 2.05) is 35.2 Å².